The van der Waals surface area contributed by atoms with Crippen molar-refractivity contribution in [3.63, 3.8) is 0 Å². The molecule has 1 aromatic carbocycles. The van der Waals surface area contributed by atoms with Gasteiger partial charge >= 0.3 is 0 Å². The predicted octanol–water partition coefficient (Wildman–Crippen LogP) is 2.29. The summed E-state index contributed by atoms with van der Waals surface area (Å²) < 4.78 is 6.94. The molecule has 0 saturated heterocycles. The average molecular weight is 283 g/mol. The Balaban J connectivity index is 1.82. The molecule has 6 nitrogen and oxygen atoms in total. The third kappa shape index (κ3) is 2.65. The van der Waals surface area contributed by atoms with Gasteiger partial charge < -0.3 is 10.1 Å². The summed E-state index contributed by atoms with van der Waals surface area (Å²) >= 11 is 0. The Morgan fingerprint density at radius 2 is 2.00 bits per heavy atom. The van der Waals surface area contributed by atoms with Gasteiger partial charge in [0.2, 0.25) is 0 Å². The molecule has 1 N–H and O–H groups in total. The third-order valence-electron chi connectivity index (χ3n) is 3.33. The van der Waals surface area contributed by atoms with Crippen molar-refractivity contribution < 1.29 is 4.74 Å². The molecule has 3 aromatic rings. The van der Waals surface area contributed by atoms with Gasteiger partial charge in [0.25, 0.3) is 0 Å². The van der Waals surface area contributed by atoms with Gasteiger partial charge in [-0.25, -0.2) is 9.97 Å². The van der Waals surface area contributed by atoms with Crippen LogP contribution in [0.1, 0.15) is 11.4 Å². The molecular weight excluding hydrogens is 266 g/mol. The van der Waals surface area contributed by atoms with Crippen molar-refractivity contribution in [2.75, 3.05) is 12.4 Å². The van der Waals surface area contributed by atoms with E-state index >= 15 is 0 Å². The molecular formula is C15H17N5O. The van der Waals surface area contributed by atoms with Crippen LogP contribution in [0.5, 0.6) is 5.75 Å². The van der Waals surface area contributed by atoms with Crippen LogP contribution < -0.4 is 10.1 Å². The van der Waals surface area contributed by atoms with Gasteiger partial charge in [-0.1, -0.05) is 12.1 Å². The molecule has 0 bridgehead atoms. The van der Waals surface area contributed by atoms with E-state index in [9.17, 15) is 0 Å². The number of nitrogens with zero attached hydrogens (tertiary/aromatic N) is 4. The minimum atomic E-state index is 0.680. The summed E-state index contributed by atoms with van der Waals surface area (Å²) in [7, 11) is 3.55. The standard InChI is InChI=1S/C15H17N5O/c1-10-16-9-13-14(18-10)15(19-20(13)2)17-8-11-4-6-12(21-3)7-5-11/h4-7,9H,8H2,1-3H3,(H,17,19). The number of aryl methyl sites for hydroxylation is 2. The SMILES string of the molecule is COc1ccc(CNc2nn(C)c3cnc(C)nc23)cc1. The molecule has 0 unspecified atom stereocenters. The minimum absolute atomic E-state index is 0.680. The van der Waals surface area contributed by atoms with E-state index in [0.29, 0.717) is 6.54 Å². The number of nitrogens with one attached hydrogen (secondary N) is 1. The van der Waals surface area contributed by atoms with Crippen LogP contribution in [0.3, 0.4) is 0 Å². The lowest BCUT2D eigenvalue weighted by atomic mass is 10.2. The smallest absolute Gasteiger partial charge is 0.175 e. The molecule has 3 rings (SSSR count). The summed E-state index contributed by atoms with van der Waals surface area (Å²) in [6, 6.07) is 7.94. The molecule has 0 aliphatic heterocycles. The Hall–Kier alpha value is -2.63. The van der Waals surface area contributed by atoms with Gasteiger partial charge in [-0.2, -0.15) is 5.10 Å². The molecule has 21 heavy (non-hydrogen) atoms. The predicted molar refractivity (Wildman–Crippen MR) is 81.4 cm³/mol. The van der Waals surface area contributed by atoms with Gasteiger partial charge in [0.05, 0.1) is 13.3 Å². The Kier molecular flexibility index (Phi) is 3.43. The first-order valence-corrected chi connectivity index (χ1v) is 6.70. The first-order valence-electron chi connectivity index (χ1n) is 6.70. The lowest BCUT2D eigenvalue weighted by molar-refractivity contribution is 0.414. The fraction of sp³-hybridized carbons (Fsp3) is 0.267. The molecule has 0 spiro atoms. The second-order valence-corrected chi connectivity index (χ2v) is 4.82. The summed E-state index contributed by atoms with van der Waals surface area (Å²) in [5.41, 5.74) is 2.91. The number of fused-ring (bicyclic) bond motifs is 1. The van der Waals surface area contributed by atoms with E-state index in [-0.39, 0.29) is 0 Å². The lowest BCUT2D eigenvalue weighted by Gasteiger charge is -2.05. The number of hydrogen-bond acceptors (Lipinski definition) is 5. The van der Waals surface area contributed by atoms with Crippen LogP contribution in [0.4, 0.5) is 5.82 Å². The van der Waals surface area contributed by atoms with Crippen molar-refractivity contribution in [2.45, 2.75) is 13.5 Å². The number of anilines is 1. The molecule has 0 atom stereocenters. The van der Waals surface area contributed by atoms with Crippen LogP contribution >= 0.6 is 0 Å². The van der Waals surface area contributed by atoms with Crippen molar-refractivity contribution in [2.24, 2.45) is 7.05 Å². The summed E-state index contributed by atoms with van der Waals surface area (Å²) in [4.78, 5) is 8.66. The van der Waals surface area contributed by atoms with Gasteiger partial charge in [-0.05, 0) is 24.6 Å². The maximum atomic E-state index is 5.15. The zero-order chi connectivity index (χ0) is 14.8. The second-order valence-electron chi connectivity index (χ2n) is 4.82. The molecule has 0 fully saturated rings. The topological polar surface area (TPSA) is 64.9 Å². The van der Waals surface area contributed by atoms with Crippen molar-refractivity contribution in [1.29, 1.82) is 0 Å². The van der Waals surface area contributed by atoms with E-state index in [2.05, 4.69) is 20.4 Å². The minimum Gasteiger partial charge on any atom is -0.497 e. The Morgan fingerprint density at radius 3 is 2.71 bits per heavy atom. The number of benzene rings is 1. The highest BCUT2D eigenvalue weighted by Crippen LogP contribution is 2.20. The molecule has 108 valence electrons. The number of ether oxygens (including phenoxy) is 1. The first-order chi connectivity index (χ1) is 10.2. The molecule has 2 heterocycles. The zero-order valence-electron chi connectivity index (χ0n) is 12.3. The van der Waals surface area contributed by atoms with Gasteiger partial charge in [-0.3, -0.25) is 4.68 Å². The van der Waals surface area contributed by atoms with Crippen molar-refractivity contribution in [3.8, 4) is 5.75 Å². The van der Waals surface area contributed by atoms with E-state index in [1.807, 2.05) is 38.2 Å². The van der Waals surface area contributed by atoms with Crippen LogP contribution in [0.25, 0.3) is 11.0 Å². The van der Waals surface area contributed by atoms with E-state index in [4.69, 9.17) is 4.74 Å². The molecule has 2 aromatic heterocycles. The quantitative estimate of drug-likeness (QED) is 0.796. The Labute approximate surface area is 122 Å². The van der Waals surface area contributed by atoms with E-state index in [1.165, 1.54) is 0 Å². The number of hydrogen-bond donors (Lipinski definition) is 1. The summed E-state index contributed by atoms with van der Waals surface area (Å²) in [6.07, 6.45) is 1.79. The van der Waals surface area contributed by atoms with Crippen LogP contribution in [0, 0.1) is 6.92 Å². The summed E-state index contributed by atoms with van der Waals surface area (Å²) in [5, 5.41) is 7.78. The van der Waals surface area contributed by atoms with Crippen molar-refractivity contribution in [1.82, 2.24) is 19.7 Å². The molecule has 0 aliphatic rings. The normalized spacial score (nSPS) is 10.8. The zero-order valence-corrected chi connectivity index (χ0v) is 12.3. The Morgan fingerprint density at radius 1 is 1.24 bits per heavy atom. The van der Waals surface area contributed by atoms with E-state index in [1.54, 1.807) is 18.0 Å². The number of aromatic nitrogens is 4. The fourth-order valence-corrected chi connectivity index (χ4v) is 2.17. The molecule has 0 amide bonds. The highest BCUT2D eigenvalue weighted by atomic mass is 16.5. The largest absolute Gasteiger partial charge is 0.497 e. The summed E-state index contributed by atoms with van der Waals surface area (Å²) in [6.45, 7) is 2.55. The van der Waals surface area contributed by atoms with Gasteiger partial charge in [0.1, 0.15) is 22.6 Å². The third-order valence-corrected chi connectivity index (χ3v) is 3.33. The molecule has 0 radical (unpaired) electrons. The van der Waals surface area contributed by atoms with Crippen LogP contribution in [0.15, 0.2) is 30.5 Å². The molecule has 0 aliphatic carbocycles. The maximum Gasteiger partial charge on any atom is 0.175 e. The number of methoxy groups -OCH3 is 1. The summed E-state index contributed by atoms with van der Waals surface area (Å²) in [5.74, 6) is 2.36. The van der Waals surface area contributed by atoms with Crippen LogP contribution in [0.2, 0.25) is 0 Å². The number of rotatable bonds is 4. The monoisotopic (exact) mass is 283 g/mol. The van der Waals surface area contributed by atoms with Gasteiger partial charge in [-0.15, -0.1) is 0 Å². The lowest BCUT2D eigenvalue weighted by Crippen LogP contribution is -2.01. The molecule has 6 heteroatoms. The second kappa shape index (κ2) is 5.40. The highest BCUT2D eigenvalue weighted by molar-refractivity contribution is 5.85. The first kappa shape index (κ1) is 13.4. The Bertz CT molecular complexity index is 764. The van der Waals surface area contributed by atoms with E-state index < -0.39 is 0 Å². The van der Waals surface area contributed by atoms with Crippen LogP contribution in [-0.4, -0.2) is 26.9 Å². The fourth-order valence-electron chi connectivity index (χ4n) is 2.17. The molecule has 0 saturated carbocycles. The van der Waals surface area contributed by atoms with Crippen molar-refractivity contribution in [3.05, 3.63) is 41.9 Å². The van der Waals surface area contributed by atoms with Crippen LogP contribution in [-0.2, 0) is 13.6 Å². The van der Waals surface area contributed by atoms with Gasteiger partial charge in [0, 0.05) is 13.6 Å². The average Bonchev–Trinajstić information content (AvgIpc) is 2.81. The van der Waals surface area contributed by atoms with Crippen molar-refractivity contribution >= 4 is 16.9 Å². The maximum absolute atomic E-state index is 5.15. The van der Waals surface area contributed by atoms with E-state index in [0.717, 1.165) is 34.0 Å². The van der Waals surface area contributed by atoms with Gasteiger partial charge in [0.15, 0.2) is 5.82 Å². The highest BCUT2D eigenvalue weighted by Gasteiger charge is 2.10.